The highest BCUT2D eigenvalue weighted by Crippen LogP contribution is 1.83. The molecule has 2 N–H and O–H groups in total. The van der Waals surface area contributed by atoms with Gasteiger partial charge in [-0.25, -0.2) is 0 Å². The van der Waals surface area contributed by atoms with E-state index in [1.807, 2.05) is 0 Å². The van der Waals surface area contributed by atoms with E-state index in [-0.39, 0.29) is 0 Å². The third-order valence-corrected chi connectivity index (χ3v) is 1.80. The fourth-order valence-electron chi connectivity index (χ4n) is 1.00. The Morgan fingerprint density at radius 2 is 1.53 bits per heavy atom. The van der Waals surface area contributed by atoms with Gasteiger partial charge in [0.2, 0.25) is 5.91 Å². The Hall–Kier alpha value is -0.690. The quantitative estimate of drug-likeness (QED) is 0.458. The van der Waals surface area contributed by atoms with Gasteiger partial charge in [-0.15, -0.1) is 0 Å². The van der Waals surface area contributed by atoms with Gasteiger partial charge in [0.1, 0.15) is 6.61 Å². The summed E-state index contributed by atoms with van der Waals surface area (Å²) in [6.45, 7) is 5.35. The minimum absolute atomic E-state index is 0.391. The maximum atomic E-state index is 10.6. The molecular formula is C11H23NO5. The normalized spacial score (nSPS) is 10.5. The van der Waals surface area contributed by atoms with Gasteiger partial charge < -0.3 is 24.6 Å². The van der Waals surface area contributed by atoms with E-state index in [2.05, 4.69) is 12.2 Å². The molecule has 0 rings (SSSR count). The standard InChI is InChI=1S/C11H23NO5/c1-2-4-15-6-8-17-9-7-16-5-3-12-11(14)10-13/h13H,2-10H2,1H3,(H,12,14). The molecule has 0 aliphatic carbocycles. The third-order valence-electron chi connectivity index (χ3n) is 1.80. The lowest BCUT2D eigenvalue weighted by atomic mass is 10.5. The van der Waals surface area contributed by atoms with Crippen molar-refractivity contribution in [2.75, 3.05) is 52.8 Å². The van der Waals surface area contributed by atoms with Gasteiger partial charge in [-0.05, 0) is 6.42 Å². The number of nitrogens with one attached hydrogen (secondary N) is 1. The van der Waals surface area contributed by atoms with Gasteiger partial charge in [0.25, 0.3) is 0 Å². The van der Waals surface area contributed by atoms with E-state index in [0.29, 0.717) is 39.6 Å². The highest BCUT2D eigenvalue weighted by molar-refractivity contribution is 5.76. The van der Waals surface area contributed by atoms with Gasteiger partial charge in [0, 0.05) is 13.2 Å². The fourth-order valence-corrected chi connectivity index (χ4v) is 1.00. The minimum atomic E-state index is -0.485. The predicted molar refractivity (Wildman–Crippen MR) is 62.8 cm³/mol. The fraction of sp³-hybridized carbons (Fsp3) is 0.909. The Kier molecular flexibility index (Phi) is 12.8. The van der Waals surface area contributed by atoms with E-state index in [1.165, 1.54) is 0 Å². The molecule has 0 aliphatic heterocycles. The minimum Gasteiger partial charge on any atom is -0.387 e. The van der Waals surface area contributed by atoms with Gasteiger partial charge in [-0.1, -0.05) is 6.92 Å². The van der Waals surface area contributed by atoms with Crippen LogP contribution in [0.15, 0.2) is 0 Å². The Morgan fingerprint density at radius 3 is 2.06 bits per heavy atom. The first kappa shape index (κ1) is 16.3. The summed E-state index contributed by atoms with van der Waals surface area (Å²) in [5.74, 6) is -0.391. The molecule has 1 amide bonds. The second kappa shape index (κ2) is 13.4. The molecule has 0 aromatic carbocycles. The Bertz CT molecular complexity index is 177. The van der Waals surface area contributed by atoms with E-state index >= 15 is 0 Å². The van der Waals surface area contributed by atoms with Crippen LogP contribution in [0.2, 0.25) is 0 Å². The monoisotopic (exact) mass is 249 g/mol. The number of amides is 1. The molecule has 0 fully saturated rings. The van der Waals surface area contributed by atoms with Crippen molar-refractivity contribution in [2.45, 2.75) is 13.3 Å². The number of aliphatic hydroxyl groups excluding tert-OH is 1. The molecule has 0 saturated carbocycles. The van der Waals surface area contributed by atoms with Crippen LogP contribution < -0.4 is 5.32 Å². The molecular weight excluding hydrogens is 226 g/mol. The second-order valence-corrected chi connectivity index (χ2v) is 3.35. The first-order chi connectivity index (χ1) is 8.31. The van der Waals surface area contributed by atoms with Crippen molar-refractivity contribution >= 4 is 5.91 Å². The summed E-state index contributed by atoms with van der Waals surface area (Å²) in [6, 6.07) is 0. The van der Waals surface area contributed by atoms with Crippen molar-refractivity contribution in [3.63, 3.8) is 0 Å². The molecule has 0 aromatic heterocycles. The van der Waals surface area contributed by atoms with Crippen molar-refractivity contribution in [1.29, 1.82) is 0 Å². The van der Waals surface area contributed by atoms with Crippen LogP contribution in [0.1, 0.15) is 13.3 Å². The molecule has 17 heavy (non-hydrogen) atoms. The van der Waals surface area contributed by atoms with Gasteiger partial charge >= 0.3 is 0 Å². The van der Waals surface area contributed by atoms with E-state index in [0.717, 1.165) is 13.0 Å². The molecule has 0 bridgehead atoms. The molecule has 0 heterocycles. The molecule has 0 aromatic rings. The highest BCUT2D eigenvalue weighted by atomic mass is 16.5. The summed E-state index contributed by atoms with van der Waals surface area (Å²) < 4.78 is 15.7. The third kappa shape index (κ3) is 13.2. The second-order valence-electron chi connectivity index (χ2n) is 3.35. The summed E-state index contributed by atoms with van der Waals surface area (Å²) in [6.07, 6.45) is 1.02. The van der Waals surface area contributed by atoms with Crippen molar-refractivity contribution < 1.29 is 24.1 Å². The van der Waals surface area contributed by atoms with Crippen LogP contribution in [0, 0.1) is 0 Å². The van der Waals surface area contributed by atoms with Crippen molar-refractivity contribution in [2.24, 2.45) is 0 Å². The summed E-state index contributed by atoms with van der Waals surface area (Å²) in [4.78, 5) is 10.6. The largest absolute Gasteiger partial charge is 0.387 e. The van der Waals surface area contributed by atoms with Crippen molar-refractivity contribution in [3.8, 4) is 0 Å². The van der Waals surface area contributed by atoms with Crippen LogP contribution in [0.3, 0.4) is 0 Å². The maximum Gasteiger partial charge on any atom is 0.245 e. The summed E-state index contributed by atoms with van der Waals surface area (Å²) in [7, 11) is 0. The van der Waals surface area contributed by atoms with E-state index in [4.69, 9.17) is 19.3 Å². The van der Waals surface area contributed by atoms with Crippen LogP contribution in [-0.4, -0.2) is 63.8 Å². The van der Waals surface area contributed by atoms with Crippen molar-refractivity contribution in [3.05, 3.63) is 0 Å². The van der Waals surface area contributed by atoms with Gasteiger partial charge in [-0.2, -0.15) is 0 Å². The lowest BCUT2D eigenvalue weighted by Gasteiger charge is -2.06. The van der Waals surface area contributed by atoms with Gasteiger partial charge in [-0.3, -0.25) is 4.79 Å². The molecule has 102 valence electrons. The smallest absolute Gasteiger partial charge is 0.245 e. The molecule has 0 unspecified atom stereocenters. The number of carbonyl (C=O) groups is 1. The molecule has 0 atom stereocenters. The molecule has 0 radical (unpaired) electrons. The zero-order chi connectivity index (χ0) is 12.8. The first-order valence-electron chi connectivity index (χ1n) is 5.92. The molecule has 0 aliphatic rings. The highest BCUT2D eigenvalue weighted by Gasteiger charge is 1.96. The summed E-state index contributed by atoms with van der Waals surface area (Å²) >= 11 is 0. The lowest BCUT2D eigenvalue weighted by Crippen LogP contribution is -2.29. The van der Waals surface area contributed by atoms with Crippen LogP contribution in [-0.2, 0) is 19.0 Å². The average molecular weight is 249 g/mol. The first-order valence-corrected chi connectivity index (χ1v) is 5.92. The molecule has 6 heteroatoms. The Morgan fingerprint density at radius 1 is 1.00 bits per heavy atom. The number of ether oxygens (including phenoxy) is 3. The number of rotatable bonds is 12. The number of hydrogen-bond acceptors (Lipinski definition) is 5. The summed E-state index contributed by atoms with van der Waals surface area (Å²) in [5, 5.41) is 10.9. The summed E-state index contributed by atoms with van der Waals surface area (Å²) in [5.41, 5.74) is 0. The SMILES string of the molecule is CCCOCCOCCOCCNC(=O)CO. The van der Waals surface area contributed by atoms with Gasteiger partial charge in [0.15, 0.2) is 0 Å². The lowest BCUT2D eigenvalue weighted by molar-refractivity contribution is -0.124. The van der Waals surface area contributed by atoms with Crippen LogP contribution in [0.4, 0.5) is 0 Å². The topological polar surface area (TPSA) is 77.0 Å². The number of hydrogen-bond donors (Lipinski definition) is 2. The number of aliphatic hydroxyl groups is 1. The van der Waals surface area contributed by atoms with Crippen LogP contribution in [0.5, 0.6) is 0 Å². The van der Waals surface area contributed by atoms with Crippen LogP contribution in [0.25, 0.3) is 0 Å². The Labute approximate surface area is 102 Å². The van der Waals surface area contributed by atoms with E-state index in [1.54, 1.807) is 0 Å². The Balaban J connectivity index is 2.96. The predicted octanol–water partition coefficient (Wildman–Crippen LogP) is -0.445. The maximum absolute atomic E-state index is 10.6. The molecule has 0 spiro atoms. The molecule has 0 saturated heterocycles. The zero-order valence-electron chi connectivity index (χ0n) is 10.4. The van der Waals surface area contributed by atoms with E-state index in [9.17, 15) is 4.79 Å². The zero-order valence-corrected chi connectivity index (χ0v) is 10.4. The van der Waals surface area contributed by atoms with Gasteiger partial charge in [0.05, 0.1) is 33.0 Å². The van der Waals surface area contributed by atoms with Crippen LogP contribution >= 0.6 is 0 Å². The average Bonchev–Trinajstić information content (AvgIpc) is 2.35. The van der Waals surface area contributed by atoms with Crippen molar-refractivity contribution in [1.82, 2.24) is 5.32 Å². The van der Waals surface area contributed by atoms with E-state index < -0.39 is 12.5 Å². The molecule has 6 nitrogen and oxygen atoms in total. The number of carbonyl (C=O) groups excluding carboxylic acids is 1.